The Bertz CT molecular complexity index is 1330. The second-order valence-electron chi connectivity index (χ2n) is 7.11. The summed E-state index contributed by atoms with van der Waals surface area (Å²) in [5.74, 6) is 0. The molecule has 152 valence electrons. The molecule has 2 aromatic carbocycles. The molecule has 0 radical (unpaired) electrons. The Hall–Kier alpha value is -3.23. The number of nitrogens with one attached hydrogen (secondary N) is 1. The van der Waals surface area contributed by atoms with E-state index in [4.69, 9.17) is 4.74 Å². The van der Waals surface area contributed by atoms with Crippen molar-refractivity contribution in [3.05, 3.63) is 67.3 Å². The topological polar surface area (TPSA) is 84.4 Å². The Morgan fingerprint density at radius 2 is 1.63 bits per heavy atom. The van der Waals surface area contributed by atoms with Crippen molar-refractivity contribution >= 4 is 42.9 Å². The molecule has 0 bridgehead atoms. The van der Waals surface area contributed by atoms with Crippen LogP contribution in [0.2, 0.25) is 0 Å². The van der Waals surface area contributed by atoms with Crippen LogP contribution in [0, 0.1) is 0 Å². The number of morpholine rings is 1. The highest BCUT2D eigenvalue weighted by Crippen LogP contribution is 2.34. The lowest BCUT2D eigenvalue weighted by Crippen LogP contribution is -2.36. The fourth-order valence-electron chi connectivity index (χ4n) is 3.87. The van der Waals surface area contributed by atoms with E-state index in [1.54, 1.807) is 49.1 Å². The van der Waals surface area contributed by atoms with Gasteiger partial charge in [0.05, 0.1) is 23.8 Å². The summed E-state index contributed by atoms with van der Waals surface area (Å²) in [4.78, 5) is 10.8. The van der Waals surface area contributed by atoms with Gasteiger partial charge in [-0.15, -0.1) is 0 Å². The summed E-state index contributed by atoms with van der Waals surface area (Å²) < 4.78 is 34.8. The molecule has 0 spiro atoms. The third-order valence-electron chi connectivity index (χ3n) is 5.32. The molecule has 1 aliphatic heterocycles. The van der Waals surface area contributed by atoms with E-state index in [-0.39, 0.29) is 4.90 Å². The van der Waals surface area contributed by atoms with E-state index in [0.717, 1.165) is 34.9 Å². The fourth-order valence-corrected chi connectivity index (χ4v) is 5.18. The Kier molecular flexibility index (Phi) is 4.72. The van der Waals surface area contributed by atoms with E-state index >= 15 is 0 Å². The van der Waals surface area contributed by atoms with E-state index in [0.29, 0.717) is 24.3 Å². The van der Waals surface area contributed by atoms with E-state index in [1.165, 1.54) is 0 Å². The first-order valence-corrected chi connectivity index (χ1v) is 11.2. The van der Waals surface area contributed by atoms with Crippen molar-refractivity contribution < 1.29 is 13.2 Å². The predicted molar refractivity (Wildman–Crippen MR) is 117 cm³/mol. The van der Waals surface area contributed by atoms with Gasteiger partial charge in [0.2, 0.25) is 0 Å². The zero-order chi connectivity index (χ0) is 20.6. The normalized spacial score (nSPS) is 14.9. The Labute approximate surface area is 174 Å². The van der Waals surface area contributed by atoms with Crippen LogP contribution in [0.5, 0.6) is 0 Å². The van der Waals surface area contributed by atoms with E-state index < -0.39 is 10.0 Å². The number of hydrogen-bond acceptors (Lipinski definition) is 6. The first-order valence-electron chi connectivity index (χ1n) is 9.68. The minimum Gasteiger partial charge on any atom is -0.378 e. The number of rotatable bonds is 4. The molecule has 2 aromatic heterocycles. The molecule has 30 heavy (non-hydrogen) atoms. The monoisotopic (exact) mass is 420 g/mol. The molecule has 0 atom stereocenters. The number of hydrogen-bond donors (Lipinski definition) is 1. The molecule has 3 heterocycles. The Morgan fingerprint density at radius 3 is 2.47 bits per heavy atom. The fraction of sp³-hybridized carbons (Fsp3) is 0.182. The zero-order valence-electron chi connectivity index (χ0n) is 16.2. The lowest BCUT2D eigenvalue weighted by atomic mass is 10.1. The second-order valence-corrected chi connectivity index (χ2v) is 8.76. The number of pyridine rings is 2. The van der Waals surface area contributed by atoms with Crippen LogP contribution in [-0.2, 0) is 14.8 Å². The highest BCUT2D eigenvalue weighted by atomic mass is 32.2. The molecular weight excluding hydrogens is 400 g/mol. The van der Waals surface area contributed by atoms with Gasteiger partial charge in [0.1, 0.15) is 0 Å². The molecule has 1 saturated heterocycles. The zero-order valence-corrected chi connectivity index (χ0v) is 17.0. The van der Waals surface area contributed by atoms with Gasteiger partial charge < -0.3 is 9.64 Å². The van der Waals surface area contributed by atoms with Crippen molar-refractivity contribution in [3.8, 4) is 0 Å². The van der Waals surface area contributed by atoms with Gasteiger partial charge in [-0.05, 0) is 30.3 Å². The second kappa shape index (κ2) is 7.55. The molecule has 0 aliphatic carbocycles. The maximum atomic E-state index is 13.3. The molecule has 1 N–H and O–H groups in total. The summed E-state index contributed by atoms with van der Waals surface area (Å²) >= 11 is 0. The van der Waals surface area contributed by atoms with Crippen molar-refractivity contribution in [3.63, 3.8) is 0 Å². The largest absolute Gasteiger partial charge is 0.378 e. The van der Waals surface area contributed by atoms with Crippen molar-refractivity contribution in [2.45, 2.75) is 4.90 Å². The van der Waals surface area contributed by atoms with Gasteiger partial charge in [-0.2, -0.15) is 0 Å². The average Bonchev–Trinajstić information content (AvgIpc) is 2.79. The molecule has 1 aliphatic rings. The molecule has 0 amide bonds. The third kappa shape index (κ3) is 3.34. The molecule has 5 rings (SSSR count). The molecule has 7 nitrogen and oxygen atoms in total. The van der Waals surface area contributed by atoms with E-state index in [2.05, 4.69) is 19.6 Å². The van der Waals surface area contributed by atoms with Gasteiger partial charge >= 0.3 is 0 Å². The van der Waals surface area contributed by atoms with E-state index in [1.807, 2.05) is 18.2 Å². The van der Waals surface area contributed by atoms with Gasteiger partial charge in [-0.1, -0.05) is 12.1 Å². The van der Waals surface area contributed by atoms with Gasteiger partial charge in [0, 0.05) is 65.1 Å². The number of ether oxygens (including phenoxy) is 1. The smallest absolute Gasteiger partial charge is 0.262 e. The standard InChI is InChI=1S/C22H20N4O3S/c27-30(28,22-3-1-2-16-14-23-8-6-17(16)22)25-20-4-5-21(26-10-12-29-13-11-26)18-7-9-24-15-19(18)20/h1-9,14-15,25H,10-13H2. The predicted octanol–water partition coefficient (Wildman–Crippen LogP) is 3.42. The number of anilines is 2. The Morgan fingerprint density at radius 1 is 0.867 bits per heavy atom. The van der Waals surface area contributed by atoms with Gasteiger partial charge in [-0.25, -0.2) is 8.42 Å². The van der Waals surface area contributed by atoms with Crippen LogP contribution in [0.15, 0.2) is 72.1 Å². The summed E-state index contributed by atoms with van der Waals surface area (Å²) in [5.41, 5.74) is 1.55. The van der Waals surface area contributed by atoms with Gasteiger partial charge in [-0.3, -0.25) is 14.7 Å². The van der Waals surface area contributed by atoms with Crippen LogP contribution < -0.4 is 9.62 Å². The summed E-state index contributed by atoms with van der Waals surface area (Å²) in [7, 11) is -3.81. The number of aromatic nitrogens is 2. The highest BCUT2D eigenvalue weighted by Gasteiger charge is 2.20. The first kappa shape index (κ1) is 18.8. The lowest BCUT2D eigenvalue weighted by molar-refractivity contribution is 0.123. The highest BCUT2D eigenvalue weighted by molar-refractivity contribution is 7.93. The molecule has 0 saturated carbocycles. The van der Waals surface area contributed by atoms with Gasteiger partial charge in [0.25, 0.3) is 10.0 Å². The van der Waals surface area contributed by atoms with Crippen LogP contribution in [0.25, 0.3) is 21.5 Å². The number of nitrogens with zero attached hydrogens (tertiary/aromatic N) is 3. The third-order valence-corrected chi connectivity index (χ3v) is 6.75. The summed E-state index contributed by atoms with van der Waals surface area (Å²) in [6.45, 7) is 2.95. The van der Waals surface area contributed by atoms with E-state index in [9.17, 15) is 8.42 Å². The molecule has 8 heteroatoms. The van der Waals surface area contributed by atoms with Gasteiger partial charge in [0.15, 0.2) is 0 Å². The molecule has 0 unspecified atom stereocenters. The maximum Gasteiger partial charge on any atom is 0.262 e. The van der Waals surface area contributed by atoms with Crippen molar-refractivity contribution in [2.24, 2.45) is 0 Å². The average molecular weight is 420 g/mol. The molecule has 1 fully saturated rings. The minimum atomic E-state index is -3.81. The number of sulfonamides is 1. The van der Waals surface area contributed by atoms with Crippen LogP contribution in [0.4, 0.5) is 11.4 Å². The van der Waals surface area contributed by atoms with Crippen molar-refractivity contribution in [1.29, 1.82) is 0 Å². The summed E-state index contributed by atoms with van der Waals surface area (Å²) in [5, 5.41) is 3.11. The quantitative estimate of drug-likeness (QED) is 0.545. The summed E-state index contributed by atoms with van der Waals surface area (Å²) in [6.07, 6.45) is 6.68. The minimum absolute atomic E-state index is 0.219. The lowest BCUT2D eigenvalue weighted by Gasteiger charge is -2.30. The van der Waals surface area contributed by atoms with Crippen LogP contribution in [0.3, 0.4) is 0 Å². The SMILES string of the molecule is O=S(=O)(Nc1ccc(N2CCOCC2)c2ccncc12)c1cccc2cnccc12. The number of benzene rings is 2. The van der Waals surface area contributed by atoms with Crippen molar-refractivity contribution in [2.75, 3.05) is 35.9 Å². The maximum absolute atomic E-state index is 13.3. The van der Waals surface area contributed by atoms with Crippen LogP contribution in [-0.4, -0.2) is 44.7 Å². The Balaban J connectivity index is 1.58. The van der Waals surface area contributed by atoms with Crippen molar-refractivity contribution in [1.82, 2.24) is 9.97 Å². The van der Waals surface area contributed by atoms with Crippen LogP contribution >= 0.6 is 0 Å². The molecular formula is C22H20N4O3S. The summed E-state index contributed by atoms with van der Waals surface area (Å²) in [6, 6.07) is 12.6. The first-order chi connectivity index (χ1) is 14.6. The molecule has 4 aromatic rings. The number of fused-ring (bicyclic) bond motifs is 2. The van der Waals surface area contributed by atoms with Crippen LogP contribution in [0.1, 0.15) is 0 Å².